The molecule has 1 aromatic carbocycles. The van der Waals surface area contributed by atoms with E-state index < -0.39 is 0 Å². The largest absolute Gasteiger partial charge is 0.504 e. The first-order chi connectivity index (χ1) is 6.61. The Bertz CT molecular complexity index is 373. The second-order valence-corrected chi connectivity index (χ2v) is 3.42. The lowest BCUT2D eigenvalue weighted by Gasteiger charge is -2.09. The number of halogens is 2. The molecule has 0 atom stereocenters. The van der Waals surface area contributed by atoms with E-state index in [9.17, 15) is 5.11 Å². The number of hydrogen-bond donors (Lipinski definition) is 1. The van der Waals surface area contributed by atoms with Gasteiger partial charge in [0.25, 0.3) is 0 Å². The van der Waals surface area contributed by atoms with Crippen molar-refractivity contribution in [1.29, 1.82) is 0 Å². The fourth-order valence-corrected chi connectivity index (χ4v) is 1.76. The van der Waals surface area contributed by atoms with E-state index in [1.54, 1.807) is 6.08 Å². The average molecular weight is 233 g/mol. The van der Waals surface area contributed by atoms with Crippen molar-refractivity contribution in [2.45, 2.75) is 6.92 Å². The van der Waals surface area contributed by atoms with Gasteiger partial charge in [0.05, 0.1) is 17.2 Å². The Labute approximate surface area is 92.7 Å². The van der Waals surface area contributed by atoms with Gasteiger partial charge in [0, 0.05) is 11.6 Å². The van der Waals surface area contributed by atoms with E-state index in [0.717, 1.165) is 0 Å². The minimum atomic E-state index is -0.0595. The molecule has 76 valence electrons. The van der Waals surface area contributed by atoms with E-state index in [-0.39, 0.29) is 11.5 Å². The maximum absolute atomic E-state index is 9.45. The SMILES string of the molecule is CC=Cc1c(Cl)cc(O)c(OC)c1Cl. The molecule has 0 heterocycles. The Morgan fingerprint density at radius 3 is 2.57 bits per heavy atom. The molecule has 0 saturated carbocycles. The van der Waals surface area contributed by atoms with Crippen LogP contribution in [0.1, 0.15) is 12.5 Å². The van der Waals surface area contributed by atoms with Crippen molar-refractivity contribution >= 4 is 29.3 Å². The lowest BCUT2D eigenvalue weighted by molar-refractivity contribution is 0.373. The summed E-state index contributed by atoms with van der Waals surface area (Å²) in [6.07, 6.45) is 3.57. The van der Waals surface area contributed by atoms with Gasteiger partial charge in [-0.05, 0) is 6.92 Å². The molecule has 0 radical (unpaired) electrons. The zero-order valence-corrected chi connectivity index (χ0v) is 9.36. The van der Waals surface area contributed by atoms with Gasteiger partial charge in [0.1, 0.15) is 0 Å². The van der Waals surface area contributed by atoms with E-state index in [4.69, 9.17) is 27.9 Å². The second-order valence-electron chi connectivity index (χ2n) is 2.64. The molecule has 0 unspecified atom stereocenters. The van der Waals surface area contributed by atoms with E-state index >= 15 is 0 Å². The summed E-state index contributed by atoms with van der Waals surface area (Å²) in [7, 11) is 1.44. The second kappa shape index (κ2) is 4.58. The number of allylic oxidation sites excluding steroid dienone is 1. The van der Waals surface area contributed by atoms with Crippen LogP contribution < -0.4 is 4.74 Å². The minimum absolute atomic E-state index is 0.0595. The maximum atomic E-state index is 9.45. The quantitative estimate of drug-likeness (QED) is 0.842. The summed E-state index contributed by atoms with van der Waals surface area (Å²) in [4.78, 5) is 0. The Kier molecular flexibility index (Phi) is 3.67. The summed E-state index contributed by atoms with van der Waals surface area (Å²) in [5.41, 5.74) is 0.644. The summed E-state index contributed by atoms with van der Waals surface area (Å²) >= 11 is 11.9. The van der Waals surface area contributed by atoms with Gasteiger partial charge in [-0.2, -0.15) is 0 Å². The Morgan fingerprint density at radius 2 is 2.07 bits per heavy atom. The molecule has 0 bridgehead atoms. The number of ether oxygens (including phenoxy) is 1. The molecule has 1 aromatic rings. The van der Waals surface area contributed by atoms with Gasteiger partial charge >= 0.3 is 0 Å². The van der Waals surface area contributed by atoms with Gasteiger partial charge in [-0.25, -0.2) is 0 Å². The number of benzene rings is 1. The first-order valence-electron chi connectivity index (χ1n) is 3.99. The molecule has 4 heteroatoms. The van der Waals surface area contributed by atoms with Crippen LogP contribution in [0.5, 0.6) is 11.5 Å². The van der Waals surface area contributed by atoms with Crippen molar-refractivity contribution in [1.82, 2.24) is 0 Å². The van der Waals surface area contributed by atoms with Gasteiger partial charge in [-0.3, -0.25) is 0 Å². The molecule has 0 aliphatic heterocycles. The summed E-state index contributed by atoms with van der Waals surface area (Å²) in [5.74, 6) is 0.180. The molecule has 0 fully saturated rings. The summed E-state index contributed by atoms with van der Waals surface area (Å²) in [6.45, 7) is 1.85. The van der Waals surface area contributed by atoms with Crippen LogP contribution >= 0.6 is 23.2 Å². The first-order valence-corrected chi connectivity index (χ1v) is 4.75. The minimum Gasteiger partial charge on any atom is -0.504 e. The smallest absolute Gasteiger partial charge is 0.179 e. The number of aromatic hydroxyl groups is 1. The third kappa shape index (κ3) is 1.97. The van der Waals surface area contributed by atoms with E-state index in [1.807, 2.05) is 13.0 Å². The number of phenols is 1. The monoisotopic (exact) mass is 232 g/mol. The molecule has 0 saturated heterocycles. The molecule has 1 N–H and O–H groups in total. The third-order valence-electron chi connectivity index (χ3n) is 1.73. The molecule has 14 heavy (non-hydrogen) atoms. The first kappa shape index (κ1) is 11.2. The van der Waals surface area contributed by atoms with Gasteiger partial charge in [-0.15, -0.1) is 0 Å². The summed E-state index contributed by atoms with van der Waals surface area (Å²) in [6, 6.07) is 1.40. The normalized spacial score (nSPS) is 10.9. The van der Waals surface area contributed by atoms with Crippen molar-refractivity contribution in [2.75, 3.05) is 7.11 Å². The van der Waals surface area contributed by atoms with E-state index in [2.05, 4.69) is 0 Å². The van der Waals surface area contributed by atoms with Crippen LogP contribution in [0.4, 0.5) is 0 Å². The molecule has 0 aromatic heterocycles. The van der Waals surface area contributed by atoms with Crippen molar-refractivity contribution in [3.05, 3.63) is 27.8 Å². The standard InChI is InChI=1S/C10H10Cl2O2/c1-3-4-6-7(11)5-8(13)10(14-2)9(6)12/h3-5,13H,1-2H3. The van der Waals surface area contributed by atoms with Crippen molar-refractivity contribution < 1.29 is 9.84 Å². The van der Waals surface area contributed by atoms with Crippen LogP contribution in [-0.4, -0.2) is 12.2 Å². The van der Waals surface area contributed by atoms with E-state index in [1.165, 1.54) is 13.2 Å². The van der Waals surface area contributed by atoms with Gasteiger partial charge in [0.15, 0.2) is 11.5 Å². The predicted octanol–water partition coefficient (Wildman–Crippen LogP) is 3.74. The van der Waals surface area contributed by atoms with Crippen LogP contribution in [0.25, 0.3) is 6.08 Å². The number of phenolic OH excluding ortho intramolecular Hbond substituents is 1. The highest BCUT2D eigenvalue weighted by atomic mass is 35.5. The molecule has 0 amide bonds. The number of rotatable bonds is 2. The Balaban J connectivity index is 3.43. The molecule has 0 spiro atoms. The maximum Gasteiger partial charge on any atom is 0.179 e. The lowest BCUT2D eigenvalue weighted by atomic mass is 10.2. The number of hydrogen-bond acceptors (Lipinski definition) is 2. The van der Waals surface area contributed by atoms with Crippen LogP contribution in [0.2, 0.25) is 10.0 Å². The van der Waals surface area contributed by atoms with Crippen LogP contribution in [0, 0.1) is 0 Å². The van der Waals surface area contributed by atoms with Gasteiger partial charge in [0.2, 0.25) is 0 Å². The summed E-state index contributed by atoms with van der Waals surface area (Å²) < 4.78 is 4.94. The fraction of sp³-hybridized carbons (Fsp3) is 0.200. The van der Waals surface area contributed by atoms with Crippen LogP contribution in [-0.2, 0) is 0 Å². The zero-order chi connectivity index (χ0) is 10.7. The third-order valence-corrected chi connectivity index (χ3v) is 2.41. The molecule has 1 rings (SSSR count). The molecule has 0 aliphatic carbocycles. The lowest BCUT2D eigenvalue weighted by Crippen LogP contribution is -1.88. The van der Waals surface area contributed by atoms with Gasteiger partial charge < -0.3 is 9.84 Å². The van der Waals surface area contributed by atoms with E-state index in [0.29, 0.717) is 15.6 Å². The Morgan fingerprint density at radius 1 is 1.43 bits per heavy atom. The van der Waals surface area contributed by atoms with Gasteiger partial charge in [-0.1, -0.05) is 35.4 Å². The summed E-state index contributed by atoms with van der Waals surface area (Å²) in [5, 5.41) is 10.2. The number of methoxy groups -OCH3 is 1. The molecule has 2 nitrogen and oxygen atoms in total. The van der Waals surface area contributed by atoms with Crippen LogP contribution in [0.15, 0.2) is 12.1 Å². The highest BCUT2D eigenvalue weighted by Gasteiger charge is 2.13. The zero-order valence-electron chi connectivity index (χ0n) is 7.84. The van der Waals surface area contributed by atoms with Crippen molar-refractivity contribution in [3.63, 3.8) is 0 Å². The Hall–Kier alpha value is -0.860. The topological polar surface area (TPSA) is 29.5 Å². The van der Waals surface area contributed by atoms with Crippen molar-refractivity contribution in [2.24, 2.45) is 0 Å². The highest BCUT2D eigenvalue weighted by molar-refractivity contribution is 6.38. The average Bonchev–Trinajstić information content (AvgIpc) is 2.12. The van der Waals surface area contributed by atoms with Crippen molar-refractivity contribution in [3.8, 4) is 11.5 Å². The fourth-order valence-electron chi connectivity index (χ4n) is 1.12. The predicted molar refractivity (Wildman–Crippen MR) is 59.4 cm³/mol. The van der Waals surface area contributed by atoms with Crippen LogP contribution in [0.3, 0.4) is 0 Å². The molecular formula is C10H10Cl2O2. The molecule has 0 aliphatic rings. The highest BCUT2D eigenvalue weighted by Crippen LogP contribution is 2.41. The molecular weight excluding hydrogens is 223 g/mol.